The summed E-state index contributed by atoms with van der Waals surface area (Å²) in [5, 5.41) is 9.17. The fourth-order valence-electron chi connectivity index (χ4n) is 3.27. The molecule has 1 aromatic carbocycles. The van der Waals surface area contributed by atoms with E-state index in [0.717, 1.165) is 16.9 Å². The van der Waals surface area contributed by atoms with Crippen LogP contribution in [0.5, 0.6) is 5.75 Å². The zero-order valence-electron chi connectivity index (χ0n) is 15.5. The molecule has 1 amide bonds. The van der Waals surface area contributed by atoms with Crippen LogP contribution in [0.1, 0.15) is 18.1 Å². The number of hydrogen-bond acceptors (Lipinski definition) is 4. The van der Waals surface area contributed by atoms with Gasteiger partial charge in [-0.2, -0.15) is 0 Å². The predicted octanol–water partition coefficient (Wildman–Crippen LogP) is 1.79. The predicted molar refractivity (Wildman–Crippen MR) is 95.8 cm³/mol. The van der Waals surface area contributed by atoms with Gasteiger partial charge in [0.2, 0.25) is 5.91 Å². The number of benzene rings is 1. The van der Waals surface area contributed by atoms with E-state index in [1.54, 1.807) is 11.9 Å². The van der Waals surface area contributed by atoms with Crippen LogP contribution < -0.4 is 4.74 Å². The molecule has 1 saturated heterocycles. The van der Waals surface area contributed by atoms with Gasteiger partial charge in [0.1, 0.15) is 12.4 Å². The second-order valence-corrected chi connectivity index (χ2v) is 7.10. The Morgan fingerprint density at radius 2 is 1.88 bits per heavy atom. The molecule has 1 fully saturated rings. The molecule has 0 aromatic heterocycles. The van der Waals surface area contributed by atoms with Gasteiger partial charge in [-0.3, -0.25) is 14.5 Å². The zero-order valence-corrected chi connectivity index (χ0v) is 15.5. The van der Waals surface area contributed by atoms with Gasteiger partial charge in [-0.05, 0) is 43.0 Å². The van der Waals surface area contributed by atoms with Crippen LogP contribution in [0.25, 0.3) is 0 Å². The molecular weight excluding hydrogens is 320 g/mol. The fourth-order valence-corrected chi connectivity index (χ4v) is 3.27. The van der Waals surface area contributed by atoms with Crippen molar-refractivity contribution < 1.29 is 19.4 Å². The molecule has 0 aliphatic carbocycles. The number of carboxylic acid groups (broad SMARTS) is 1. The van der Waals surface area contributed by atoms with Gasteiger partial charge in [0, 0.05) is 20.1 Å². The average Bonchev–Trinajstić information content (AvgIpc) is 2.86. The largest absolute Gasteiger partial charge is 0.492 e. The van der Waals surface area contributed by atoms with Crippen LogP contribution in [0.2, 0.25) is 0 Å². The Labute approximate surface area is 149 Å². The second-order valence-electron chi connectivity index (χ2n) is 7.10. The van der Waals surface area contributed by atoms with Gasteiger partial charge < -0.3 is 14.7 Å². The number of hydrogen-bond donors (Lipinski definition) is 1. The van der Waals surface area contributed by atoms with Crippen molar-refractivity contribution >= 4 is 11.9 Å². The number of carbonyl (C=O) groups excluding carboxylic acids is 1. The number of amides is 1. The first kappa shape index (κ1) is 19.2. The van der Waals surface area contributed by atoms with Gasteiger partial charge in [0.05, 0.1) is 19.0 Å². The van der Waals surface area contributed by atoms with Crippen LogP contribution in [-0.2, 0) is 9.59 Å². The van der Waals surface area contributed by atoms with E-state index in [0.29, 0.717) is 26.2 Å². The molecule has 0 unspecified atom stereocenters. The average molecular weight is 348 g/mol. The maximum atomic E-state index is 12.3. The van der Waals surface area contributed by atoms with Gasteiger partial charge in [-0.25, -0.2) is 0 Å². The van der Waals surface area contributed by atoms with Crippen molar-refractivity contribution in [1.82, 2.24) is 9.80 Å². The van der Waals surface area contributed by atoms with Crippen molar-refractivity contribution in [2.75, 3.05) is 39.8 Å². The van der Waals surface area contributed by atoms with Gasteiger partial charge in [0.15, 0.2) is 0 Å². The summed E-state index contributed by atoms with van der Waals surface area (Å²) in [6.45, 7) is 8.24. The number of aryl methyl sites for hydroxylation is 2. The molecule has 2 atom stereocenters. The number of carboxylic acids is 1. The third kappa shape index (κ3) is 5.46. The third-order valence-corrected chi connectivity index (χ3v) is 4.68. The highest BCUT2D eigenvalue weighted by atomic mass is 16.5. The van der Waals surface area contributed by atoms with Crippen LogP contribution in [0, 0.1) is 25.7 Å². The molecule has 138 valence electrons. The highest BCUT2D eigenvalue weighted by Gasteiger charge is 2.35. The maximum absolute atomic E-state index is 12.3. The summed E-state index contributed by atoms with van der Waals surface area (Å²) in [7, 11) is 1.75. The number of likely N-dealkylation sites (N-methyl/N-ethyl adjacent to an activating group) is 1. The lowest BCUT2D eigenvalue weighted by atomic mass is 9.99. The van der Waals surface area contributed by atoms with Gasteiger partial charge in [-0.1, -0.05) is 13.0 Å². The summed E-state index contributed by atoms with van der Waals surface area (Å²) in [6, 6.07) is 6.04. The van der Waals surface area contributed by atoms with Crippen molar-refractivity contribution in [3.8, 4) is 5.75 Å². The van der Waals surface area contributed by atoms with Crippen LogP contribution in [0.15, 0.2) is 18.2 Å². The maximum Gasteiger partial charge on any atom is 0.308 e. The molecular formula is C19H28N2O4. The lowest BCUT2D eigenvalue weighted by Crippen LogP contribution is -2.39. The molecule has 1 aromatic rings. The van der Waals surface area contributed by atoms with Gasteiger partial charge >= 0.3 is 5.97 Å². The van der Waals surface area contributed by atoms with Crippen molar-refractivity contribution in [3.05, 3.63) is 29.3 Å². The standard InChI is InChI=1S/C19H28N2O4/c1-13-7-14(2)9-16(8-13)25-6-5-20(4)18(22)12-21-10-15(3)17(11-21)19(23)24/h7-9,15,17H,5-6,10-12H2,1-4H3,(H,23,24)/t15-,17-/m1/s1. The molecule has 0 spiro atoms. The monoisotopic (exact) mass is 348 g/mol. The Morgan fingerprint density at radius 1 is 1.24 bits per heavy atom. The van der Waals surface area contributed by atoms with E-state index in [1.807, 2.05) is 37.8 Å². The number of ether oxygens (including phenoxy) is 1. The van der Waals surface area contributed by atoms with E-state index in [1.165, 1.54) is 0 Å². The first-order valence-corrected chi connectivity index (χ1v) is 8.66. The van der Waals surface area contributed by atoms with E-state index in [9.17, 15) is 9.59 Å². The molecule has 25 heavy (non-hydrogen) atoms. The molecule has 0 bridgehead atoms. The molecule has 0 radical (unpaired) electrons. The lowest BCUT2D eigenvalue weighted by molar-refractivity contribution is -0.142. The Balaban J connectivity index is 1.76. The summed E-state index contributed by atoms with van der Waals surface area (Å²) in [4.78, 5) is 27.0. The summed E-state index contributed by atoms with van der Waals surface area (Å²) in [5.74, 6) is -0.287. The van der Waals surface area contributed by atoms with Crippen molar-refractivity contribution in [2.24, 2.45) is 11.8 Å². The van der Waals surface area contributed by atoms with Gasteiger partial charge in [0.25, 0.3) is 0 Å². The Bertz CT molecular complexity index is 612. The quantitative estimate of drug-likeness (QED) is 0.814. The smallest absolute Gasteiger partial charge is 0.308 e. The molecule has 1 aliphatic rings. The van der Waals surface area contributed by atoms with E-state index >= 15 is 0 Å². The number of aliphatic carboxylic acids is 1. The highest BCUT2D eigenvalue weighted by Crippen LogP contribution is 2.22. The minimum atomic E-state index is -0.780. The lowest BCUT2D eigenvalue weighted by Gasteiger charge is -2.21. The normalized spacial score (nSPS) is 20.5. The van der Waals surface area contributed by atoms with E-state index in [-0.39, 0.29) is 24.3 Å². The van der Waals surface area contributed by atoms with Crippen LogP contribution in [0.4, 0.5) is 0 Å². The Hall–Kier alpha value is -2.08. The molecule has 6 nitrogen and oxygen atoms in total. The van der Waals surface area contributed by atoms with E-state index in [4.69, 9.17) is 9.84 Å². The number of rotatable bonds is 7. The topological polar surface area (TPSA) is 70.1 Å². The number of likely N-dealkylation sites (tertiary alicyclic amines) is 1. The summed E-state index contributed by atoms with van der Waals surface area (Å²) >= 11 is 0. The molecule has 1 N–H and O–H groups in total. The first-order chi connectivity index (χ1) is 11.8. The van der Waals surface area contributed by atoms with Crippen molar-refractivity contribution in [3.63, 3.8) is 0 Å². The molecule has 1 aliphatic heterocycles. The van der Waals surface area contributed by atoms with Crippen LogP contribution in [0.3, 0.4) is 0 Å². The third-order valence-electron chi connectivity index (χ3n) is 4.68. The molecule has 1 heterocycles. The first-order valence-electron chi connectivity index (χ1n) is 8.66. The van der Waals surface area contributed by atoms with E-state index in [2.05, 4.69) is 6.07 Å². The number of nitrogens with zero attached hydrogens (tertiary/aromatic N) is 2. The summed E-state index contributed by atoms with van der Waals surface area (Å²) in [6.07, 6.45) is 0. The fraction of sp³-hybridized carbons (Fsp3) is 0.579. The summed E-state index contributed by atoms with van der Waals surface area (Å²) < 4.78 is 5.74. The molecule has 6 heteroatoms. The highest BCUT2D eigenvalue weighted by molar-refractivity contribution is 5.78. The minimum absolute atomic E-state index is 0.0118. The molecule has 0 saturated carbocycles. The molecule has 2 rings (SSSR count). The SMILES string of the molecule is Cc1cc(C)cc(OCCN(C)C(=O)CN2C[C@@H](C)[C@H](C(=O)O)C2)c1. The number of carbonyl (C=O) groups is 2. The van der Waals surface area contributed by atoms with Crippen LogP contribution in [-0.4, -0.2) is 66.6 Å². The van der Waals surface area contributed by atoms with Crippen molar-refractivity contribution in [2.45, 2.75) is 20.8 Å². The van der Waals surface area contributed by atoms with Crippen LogP contribution >= 0.6 is 0 Å². The minimum Gasteiger partial charge on any atom is -0.492 e. The Morgan fingerprint density at radius 3 is 2.44 bits per heavy atom. The zero-order chi connectivity index (χ0) is 18.6. The van der Waals surface area contributed by atoms with Crippen molar-refractivity contribution in [1.29, 1.82) is 0 Å². The van der Waals surface area contributed by atoms with E-state index < -0.39 is 5.97 Å². The summed E-state index contributed by atoms with van der Waals surface area (Å²) in [5.41, 5.74) is 2.30. The second kappa shape index (κ2) is 8.34. The Kier molecular flexibility index (Phi) is 6.42. The van der Waals surface area contributed by atoms with Gasteiger partial charge in [-0.15, -0.1) is 0 Å².